The molecule has 0 fully saturated rings. The Bertz CT molecular complexity index is 975. The van der Waals surface area contributed by atoms with Gasteiger partial charge in [-0.15, -0.1) is 0 Å². The van der Waals surface area contributed by atoms with Crippen molar-refractivity contribution in [1.29, 1.82) is 0 Å². The summed E-state index contributed by atoms with van der Waals surface area (Å²) >= 11 is 12.3. The van der Waals surface area contributed by atoms with Gasteiger partial charge in [-0.25, -0.2) is 0 Å². The minimum atomic E-state index is -3.89. The highest BCUT2D eigenvalue weighted by Crippen LogP contribution is 2.52. The van der Waals surface area contributed by atoms with Gasteiger partial charge in [-0.3, -0.25) is 9.36 Å². The fraction of sp³-hybridized carbons (Fsp3) is 0.105. The Hall–Kier alpha value is -1.64. The average Bonchev–Trinajstić information content (AvgIpc) is 2.61. The second-order valence-electron chi connectivity index (χ2n) is 5.37. The number of carbonyl (C=O) groups is 1. The average molecular weight is 393 g/mol. The van der Waals surface area contributed by atoms with Crippen LogP contribution in [0.3, 0.4) is 0 Å². The van der Waals surface area contributed by atoms with Gasteiger partial charge in [-0.05, 0) is 35.9 Å². The standard InChI is InChI=1S/C19H15Cl2O3P/c1-2-24-25(23,19(22)18-15(20)10-6-11-16(18)21)17-12-5-8-13-7-3-4-9-14(13)17/h3-12H,2H2,1H3. The summed E-state index contributed by atoms with van der Waals surface area (Å²) in [6.07, 6.45) is 0. The molecule has 0 spiro atoms. The van der Waals surface area contributed by atoms with E-state index in [9.17, 15) is 9.36 Å². The molecule has 6 heteroatoms. The molecule has 25 heavy (non-hydrogen) atoms. The second-order valence-corrected chi connectivity index (χ2v) is 8.43. The molecule has 128 valence electrons. The van der Waals surface area contributed by atoms with Crippen LogP contribution in [0.15, 0.2) is 60.7 Å². The number of hydrogen-bond acceptors (Lipinski definition) is 3. The molecule has 0 saturated heterocycles. The van der Waals surface area contributed by atoms with Gasteiger partial charge in [0.25, 0.3) is 5.52 Å². The summed E-state index contributed by atoms with van der Waals surface area (Å²) in [4.78, 5) is 13.2. The molecular weight excluding hydrogens is 378 g/mol. The first-order valence-corrected chi connectivity index (χ1v) is 10.1. The molecule has 0 N–H and O–H groups in total. The molecule has 0 aliphatic heterocycles. The summed E-state index contributed by atoms with van der Waals surface area (Å²) in [7, 11) is -3.89. The van der Waals surface area contributed by atoms with Crippen molar-refractivity contribution in [3.05, 3.63) is 76.3 Å². The normalized spacial score (nSPS) is 13.6. The highest BCUT2D eigenvalue weighted by molar-refractivity contribution is 7.84. The van der Waals surface area contributed by atoms with Gasteiger partial charge in [0, 0.05) is 0 Å². The van der Waals surface area contributed by atoms with E-state index in [1.165, 1.54) is 0 Å². The van der Waals surface area contributed by atoms with Crippen molar-refractivity contribution in [2.45, 2.75) is 6.92 Å². The molecule has 1 unspecified atom stereocenters. The highest BCUT2D eigenvalue weighted by atomic mass is 35.5. The van der Waals surface area contributed by atoms with Gasteiger partial charge in [-0.2, -0.15) is 0 Å². The molecule has 0 aromatic heterocycles. The van der Waals surface area contributed by atoms with Crippen LogP contribution < -0.4 is 5.30 Å². The third-order valence-corrected chi connectivity index (χ3v) is 6.87. The molecule has 3 aromatic rings. The lowest BCUT2D eigenvalue weighted by atomic mass is 10.1. The van der Waals surface area contributed by atoms with Gasteiger partial charge in [0.1, 0.15) is 0 Å². The van der Waals surface area contributed by atoms with E-state index < -0.39 is 12.9 Å². The van der Waals surface area contributed by atoms with Crippen LogP contribution in [0.2, 0.25) is 10.0 Å². The zero-order valence-electron chi connectivity index (χ0n) is 13.4. The Balaban J connectivity index is 2.26. The van der Waals surface area contributed by atoms with E-state index in [1.807, 2.05) is 30.3 Å². The lowest BCUT2D eigenvalue weighted by Gasteiger charge is -2.19. The molecule has 0 radical (unpaired) electrons. The Labute approximate surface area is 156 Å². The van der Waals surface area contributed by atoms with Crippen LogP contribution in [0.1, 0.15) is 17.3 Å². The van der Waals surface area contributed by atoms with Crippen molar-refractivity contribution in [1.82, 2.24) is 0 Å². The lowest BCUT2D eigenvalue weighted by molar-refractivity contribution is 0.105. The van der Waals surface area contributed by atoms with E-state index in [0.717, 1.165) is 5.39 Å². The maximum Gasteiger partial charge on any atom is 0.301 e. The second kappa shape index (κ2) is 7.31. The molecule has 0 heterocycles. The largest absolute Gasteiger partial charge is 0.320 e. The zero-order valence-corrected chi connectivity index (χ0v) is 15.8. The van der Waals surface area contributed by atoms with Gasteiger partial charge in [0.2, 0.25) is 0 Å². The maximum atomic E-state index is 13.7. The number of benzene rings is 3. The molecule has 0 bridgehead atoms. The molecule has 3 rings (SSSR count). The van der Waals surface area contributed by atoms with Crippen molar-refractivity contribution in [3.63, 3.8) is 0 Å². The summed E-state index contributed by atoms with van der Waals surface area (Å²) in [6.45, 7) is 1.81. The van der Waals surface area contributed by atoms with Crippen molar-refractivity contribution in [2.75, 3.05) is 6.61 Å². The fourth-order valence-corrected chi connectivity index (χ4v) is 5.61. The Morgan fingerprint density at radius 3 is 2.24 bits per heavy atom. The van der Waals surface area contributed by atoms with Gasteiger partial charge >= 0.3 is 7.37 Å². The molecule has 0 amide bonds. The minimum Gasteiger partial charge on any atom is -0.320 e. The minimum absolute atomic E-state index is 0.0237. The zero-order chi connectivity index (χ0) is 18.0. The van der Waals surface area contributed by atoms with Crippen LogP contribution in [0.25, 0.3) is 10.8 Å². The Morgan fingerprint density at radius 2 is 1.56 bits per heavy atom. The molecule has 1 atom stereocenters. The van der Waals surface area contributed by atoms with Crippen molar-refractivity contribution in [3.8, 4) is 0 Å². The first kappa shape index (κ1) is 18.2. The quantitative estimate of drug-likeness (QED) is 0.505. The summed E-state index contributed by atoms with van der Waals surface area (Å²) in [5.41, 5.74) is -0.670. The van der Waals surface area contributed by atoms with E-state index in [4.69, 9.17) is 27.7 Å². The lowest BCUT2D eigenvalue weighted by Crippen LogP contribution is -2.17. The van der Waals surface area contributed by atoms with E-state index >= 15 is 0 Å². The van der Waals surface area contributed by atoms with Gasteiger partial charge in [0.15, 0.2) is 0 Å². The number of hydrogen-bond donors (Lipinski definition) is 0. The molecule has 3 aromatic carbocycles. The van der Waals surface area contributed by atoms with Crippen LogP contribution in [0.4, 0.5) is 0 Å². The summed E-state index contributed by atoms with van der Waals surface area (Å²) in [5.74, 6) is 0. The predicted molar refractivity (Wildman–Crippen MR) is 104 cm³/mol. The van der Waals surface area contributed by atoms with E-state index in [2.05, 4.69) is 0 Å². The third kappa shape index (κ3) is 3.26. The van der Waals surface area contributed by atoms with E-state index in [1.54, 1.807) is 37.3 Å². The smallest absolute Gasteiger partial charge is 0.301 e. The molecule has 0 aliphatic carbocycles. The summed E-state index contributed by atoms with van der Waals surface area (Å²) in [5, 5.41) is 2.24. The number of rotatable bonds is 5. The Kier molecular flexibility index (Phi) is 5.31. The molecule has 0 aliphatic rings. The van der Waals surface area contributed by atoms with Crippen molar-refractivity contribution < 1.29 is 13.9 Å². The van der Waals surface area contributed by atoms with E-state index in [0.29, 0.717) is 10.7 Å². The van der Waals surface area contributed by atoms with E-state index in [-0.39, 0.29) is 22.2 Å². The van der Waals surface area contributed by atoms with Crippen LogP contribution >= 0.6 is 30.6 Å². The molecule has 0 saturated carbocycles. The SMILES string of the molecule is CCOP(=O)(C(=O)c1c(Cl)cccc1Cl)c1cccc2ccccc12. The fourth-order valence-electron chi connectivity index (χ4n) is 2.73. The number of carbonyl (C=O) groups excluding carboxylic acids is 1. The maximum absolute atomic E-state index is 13.7. The van der Waals surface area contributed by atoms with Gasteiger partial charge in [-0.1, -0.05) is 65.7 Å². The molecular formula is C19H15Cl2O3P. The Morgan fingerprint density at radius 1 is 0.960 bits per heavy atom. The van der Waals surface area contributed by atoms with Crippen LogP contribution in [-0.2, 0) is 9.09 Å². The van der Waals surface area contributed by atoms with Crippen LogP contribution in [-0.4, -0.2) is 12.1 Å². The molecule has 3 nitrogen and oxygen atoms in total. The topological polar surface area (TPSA) is 43.4 Å². The van der Waals surface area contributed by atoms with Gasteiger partial charge in [0.05, 0.1) is 27.5 Å². The van der Waals surface area contributed by atoms with Crippen LogP contribution in [0.5, 0.6) is 0 Å². The van der Waals surface area contributed by atoms with Gasteiger partial charge < -0.3 is 4.52 Å². The monoisotopic (exact) mass is 392 g/mol. The number of halogens is 2. The highest BCUT2D eigenvalue weighted by Gasteiger charge is 2.39. The van der Waals surface area contributed by atoms with Crippen LogP contribution in [0, 0.1) is 0 Å². The first-order chi connectivity index (χ1) is 12.0. The third-order valence-electron chi connectivity index (χ3n) is 3.84. The summed E-state index contributed by atoms with van der Waals surface area (Å²) in [6, 6.07) is 17.4. The summed E-state index contributed by atoms with van der Waals surface area (Å²) < 4.78 is 19.3. The van der Waals surface area contributed by atoms with Crippen molar-refractivity contribution in [2.24, 2.45) is 0 Å². The predicted octanol–water partition coefficient (Wildman–Crippen LogP) is 5.93. The number of fused-ring (bicyclic) bond motifs is 1. The first-order valence-electron chi connectivity index (χ1n) is 7.71. The van der Waals surface area contributed by atoms with Crippen molar-refractivity contribution >= 4 is 52.2 Å².